The van der Waals surface area contributed by atoms with Gasteiger partial charge in [-0.3, -0.25) is 4.79 Å². The van der Waals surface area contributed by atoms with E-state index < -0.39 is 34.6 Å². The van der Waals surface area contributed by atoms with Crippen molar-refractivity contribution < 1.29 is 27.5 Å². The van der Waals surface area contributed by atoms with E-state index in [0.29, 0.717) is 0 Å². The molecule has 1 N–H and O–H groups in total. The molecule has 152 valence electrons. The lowest BCUT2D eigenvalue weighted by molar-refractivity contribution is -0.145. The minimum Gasteiger partial charge on any atom is -0.444 e. The van der Waals surface area contributed by atoms with Gasteiger partial charge in [0.2, 0.25) is 5.91 Å². The van der Waals surface area contributed by atoms with Gasteiger partial charge in [-0.05, 0) is 27.7 Å². The minimum atomic E-state index is -4.65. The monoisotopic (exact) mass is 411 g/mol. The third kappa shape index (κ3) is 5.98. The maximum Gasteiger partial charge on any atom is 0.453 e. The summed E-state index contributed by atoms with van der Waals surface area (Å²) in [6, 6.07) is 0. The van der Waals surface area contributed by atoms with Gasteiger partial charge in [0.25, 0.3) is 5.82 Å². The molecule has 1 aromatic rings. The summed E-state index contributed by atoms with van der Waals surface area (Å²) >= 11 is 6.20. The number of carbonyl (C=O) groups is 2. The number of alkyl halides is 4. The molecule has 0 aromatic carbocycles. The smallest absolute Gasteiger partial charge is 0.444 e. The van der Waals surface area contributed by atoms with E-state index in [2.05, 4.69) is 15.4 Å². The Labute approximate surface area is 159 Å². The topological polar surface area (TPSA) is 89.4 Å². The van der Waals surface area contributed by atoms with Crippen molar-refractivity contribution in [1.82, 2.24) is 25.0 Å². The summed E-state index contributed by atoms with van der Waals surface area (Å²) in [5.74, 6) is -1.63. The SMILES string of the molecule is CC(C)(C)OC(=O)N[C@@](C)(Cl)CC(=O)N1CCn2nc(C(F)(F)F)nc2C1. The summed E-state index contributed by atoms with van der Waals surface area (Å²) in [6.45, 7) is 6.60. The van der Waals surface area contributed by atoms with Crippen molar-refractivity contribution in [3.8, 4) is 0 Å². The molecule has 2 heterocycles. The van der Waals surface area contributed by atoms with Crippen LogP contribution in [0.5, 0.6) is 0 Å². The normalized spacial score (nSPS) is 17.1. The second-order valence-electron chi connectivity index (χ2n) is 7.39. The first kappa shape index (κ1) is 21.3. The summed E-state index contributed by atoms with van der Waals surface area (Å²) in [6.07, 6.45) is -5.69. The van der Waals surface area contributed by atoms with Gasteiger partial charge in [0, 0.05) is 6.54 Å². The fourth-order valence-electron chi connectivity index (χ4n) is 2.42. The van der Waals surface area contributed by atoms with Gasteiger partial charge in [-0.1, -0.05) is 11.6 Å². The fourth-order valence-corrected chi connectivity index (χ4v) is 2.62. The third-order valence-corrected chi connectivity index (χ3v) is 3.74. The van der Waals surface area contributed by atoms with Gasteiger partial charge in [0.1, 0.15) is 16.4 Å². The van der Waals surface area contributed by atoms with E-state index in [1.165, 1.54) is 11.8 Å². The number of hydrogen-bond donors (Lipinski definition) is 1. The van der Waals surface area contributed by atoms with E-state index in [4.69, 9.17) is 16.3 Å². The molecule has 0 saturated heterocycles. The van der Waals surface area contributed by atoms with Gasteiger partial charge < -0.3 is 15.0 Å². The molecule has 0 fully saturated rings. The molecule has 27 heavy (non-hydrogen) atoms. The molecule has 1 aliphatic heterocycles. The number of aromatic nitrogens is 3. The van der Waals surface area contributed by atoms with Crippen molar-refractivity contribution in [2.75, 3.05) is 6.54 Å². The van der Waals surface area contributed by atoms with Crippen LogP contribution in [0.25, 0.3) is 0 Å². The van der Waals surface area contributed by atoms with Gasteiger partial charge in [0.05, 0.1) is 19.5 Å². The number of hydrogen-bond acceptors (Lipinski definition) is 5. The molecule has 0 unspecified atom stereocenters. The summed E-state index contributed by atoms with van der Waals surface area (Å²) in [5.41, 5.74) is -0.728. The van der Waals surface area contributed by atoms with Crippen LogP contribution in [0.4, 0.5) is 18.0 Å². The van der Waals surface area contributed by atoms with Crippen LogP contribution in [0.15, 0.2) is 0 Å². The van der Waals surface area contributed by atoms with E-state index in [1.54, 1.807) is 20.8 Å². The van der Waals surface area contributed by atoms with Crippen molar-refractivity contribution in [2.45, 2.75) is 64.0 Å². The Morgan fingerprint density at radius 3 is 2.41 bits per heavy atom. The highest BCUT2D eigenvalue weighted by Crippen LogP contribution is 2.27. The predicted octanol–water partition coefficient (Wildman–Crippen LogP) is 2.51. The largest absolute Gasteiger partial charge is 0.453 e. The number of nitrogens with one attached hydrogen (secondary N) is 1. The van der Waals surface area contributed by atoms with Crippen LogP contribution >= 0.6 is 11.6 Å². The summed E-state index contributed by atoms with van der Waals surface area (Å²) in [7, 11) is 0. The molecule has 1 atom stereocenters. The second-order valence-corrected chi connectivity index (χ2v) is 8.22. The molecule has 0 radical (unpaired) electrons. The Morgan fingerprint density at radius 2 is 1.85 bits per heavy atom. The molecular formula is C15H21ClF3N5O3. The van der Waals surface area contributed by atoms with Crippen LogP contribution in [0.2, 0.25) is 0 Å². The van der Waals surface area contributed by atoms with E-state index in [9.17, 15) is 22.8 Å². The van der Waals surface area contributed by atoms with Crippen LogP contribution < -0.4 is 5.32 Å². The van der Waals surface area contributed by atoms with Crippen LogP contribution in [0.3, 0.4) is 0 Å². The first-order valence-corrected chi connectivity index (χ1v) is 8.53. The Kier molecular flexibility index (Phi) is 5.65. The maximum atomic E-state index is 12.7. The van der Waals surface area contributed by atoms with Gasteiger partial charge >= 0.3 is 12.3 Å². The lowest BCUT2D eigenvalue weighted by atomic mass is 10.2. The van der Waals surface area contributed by atoms with Crippen LogP contribution in [0, 0.1) is 0 Å². The minimum absolute atomic E-state index is 0.0401. The van der Waals surface area contributed by atoms with E-state index in [-0.39, 0.29) is 31.9 Å². The van der Waals surface area contributed by atoms with E-state index in [0.717, 1.165) is 4.68 Å². The van der Waals surface area contributed by atoms with Crippen molar-refractivity contribution in [2.24, 2.45) is 0 Å². The molecule has 12 heteroatoms. The van der Waals surface area contributed by atoms with Gasteiger partial charge in [-0.25, -0.2) is 14.5 Å². The average molecular weight is 412 g/mol. The summed E-state index contributed by atoms with van der Waals surface area (Å²) < 4.78 is 44.3. The Bertz CT molecular complexity index is 727. The zero-order valence-electron chi connectivity index (χ0n) is 15.4. The second kappa shape index (κ2) is 7.17. The van der Waals surface area contributed by atoms with Gasteiger partial charge in [0.15, 0.2) is 0 Å². The average Bonchev–Trinajstić information content (AvgIpc) is 2.86. The van der Waals surface area contributed by atoms with Gasteiger partial charge in [-0.2, -0.15) is 13.2 Å². The number of carbonyl (C=O) groups excluding carboxylic acids is 2. The fraction of sp³-hybridized carbons (Fsp3) is 0.733. The number of fused-ring (bicyclic) bond motifs is 1. The molecule has 0 spiro atoms. The lowest BCUT2D eigenvalue weighted by Crippen LogP contribution is -2.48. The number of rotatable bonds is 3. The van der Waals surface area contributed by atoms with E-state index in [1.807, 2.05) is 0 Å². The number of nitrogens with zero attached hydrogens (tertiary/aromatic N) is 4. The highest BCUT2D eigenvalue weighted by atomic mass is 35.5. The molecular weight excluding hydrogens is 391 g/mol. The molecule has 2 rings (SSSR count). The number of alkyl carbamates (subject to hydrolysis) is 1. The van der Waals surface area contributed by atoms with Crippen molar-refractivity contribution in [3.63, 3.8) is 0 Å². The predicted molar refractivity (Wildman–Crippen MR) is 88.7 cm³/mol. The van der Waals surface area contributed by atoms with Gasteiger partial charge in [-0.15, -0.1) is 5.10 Å². The van der Waals surface area contributed by atoms with Crippen LogP contribution in [-0.4, -0.2) is 48.8 Å². The summed E-state index contributed by atoms with van der Waals surface area (Å²) in [4.78, 5) is 27.6. The lowest BCUT2D eigenvalue weighted by Gasteiger charge is -2.31. The van der Waals surface area contributed by atoms with Crippen molar-refractivity contribution in [1.29, 1.82) is 0 Å². The van der Waals surface area contributed by atoms with Crippen molar-refractivity contribution >= 4 is 23.6 Å². The Hall–Kier alpha value is -2.04. The highest BCUT2D eigenvalue weighted by Gasteiger charge is 2.39. The molecule has 1 aromatic heterocycles. The first-order valence-electron chi connectivity index (χ1n) is 8.15. The third-order valence-electron chi connectivity index (χ3n) is 3.51. The highest BCUT2D eigenvalue weighted by molar-refractivity contribution is 6.25. The van der Waals surface area contributed by atoms with Crippen molar-refractivity contribution in [3.05, 3.63) is 11.6 Å². The van der Waals surface area contributed by atoms with Crippen LogP contribution in [-0.2, 0) is 28.8 Å². The Morgan fingerprint density at radius 1 is 1.22 bits per heavy atom. The molecule has 1 aliphatic rings. The Balaban J connectivity index is 1.98. The zero-order valence-corrected chi connectivity index (χ0v) is 16.1. The summed E-state index contributed by atoms with van der Waals surface area (Å²) in [5, 5.41) is 5.81. The molecule has 0 bridgehead atoms. The molecule has 8 nitrogen and oxygen atoms in total. The van der Waals surface area contributed by atoms with E-state index >= 15 is 0 Å². The quantitative estimate of drug-likeness (QED) is 0.609. The number of amides is 2. The maximum absolute atomic E-state index is 12.7. The standard InChI is InChI=1S/C15H21ClF3N5O3/c1-13(2,3)27-12(26)21-14(4,16)7-10(25)23-5-6-24-9(8-23)20-11(22-24)15(17,18)19/h5-8H2,1-4H3,(H,21,26)/t14-/m1/s1. The first-order chi connectivity index (χ1) is 12.2. The van der Waals surface area contributed by atoms with Crippen LogP contribution in [0.1, 0.15) is 45.8 Å². The zero-order chi connectivity index (χ0) is 20.6. The number of ether oxygens (including phenoxy) is 1. The molecule has 0 aliphatic carbocycles. The molecule has 2 amide bonds. The number of halogens is 4. The molecule has 0 saturated carbocycles.